The molecular weight excluding hydrogens is 490 g/mol. The average Bonchev–Trinajstić information content (AvgIpc) is 2.96. The third kappa shape index (κ3) is 21.3. The maximum atomic E-state index is 11.6. The highest BCUT2D eigenvalue weighted by Gasteiger charge is 2.15. The molecule has 0 bridgehead atoms. The van der Waals surface area contributed by atoms with Crippen LogP contribution in [0.1, 0.15) is 192 Å². The van der Waals surface area contributed by atoms with Gasteiger partial charge in [-0.05, 0) is 30.4 Å². The molecule has 0 fully saturated rings. The molecule has 0 aliphatic heterocycles. The van der Waals surface area contributed by atoms with Crippen LogP contribution in [0.4, 0.5) is 0 Å². The number of carbonyl (C=O) groups excluding carboxylic acids is 1. The third-order valence-corrected chi connectivity index (χ3v) is 8.67. The first-order valence-corrected chi connectivity index (χ1v) is 17.7. The van der Waals surface area contributed by atoms with E-state index in [2.05, 4.69) is 12.2 Å². The van der Waals surface area contributed by atoms with Gasteiger partial charge in [0.15, 0.2) is 0 Å². The van der Waals surface area contributed by atoms with Crippen LogP contribution in [-0.2, 0) is 4.79 Å². The van der Waals surface area contributed by atoms with E-state index in [1.807, 2.05) is 25.1 Å². The van der Waals surface area contributed by atoms with Crippen LogP contribution >= 0.6 is 0 Å². The van der Waals surface area contributed by atoms with Crippen LogP contribution in [0.5, 0.6) is 5.75 Å². The maximum absolute atomic E-state index is 11.6. The van der Waals surface area contributed by atoms with Crippen molar-refractivity contribution in [1.82, 2.24) is 5.32 Å². The topological polar surface area (TPSA) is 49.3 Å². The zero-order chi connectivity index (χ0) is 28.9. The molecule has 232 valence electrons. The van der Waals surface area contributed by atoms with Crippen LogP contribution in [0, 0.1) is 0 Å². The molecule has 0 aliphatic carbocycles. The Morgan fingerprint density at radius 2 is 1.00 bits per heavy atom. The Hall–Kier alpha value is -1.51. The lowest BCUT2D eigenvalue weighted by molar-refractivity contribution is -0.120. The highest BCUT2D eigenvalue weighted by Crippen LogP contribution is 2.32. The second kappa shape index (κ2) is 27.6. The van der Waals surface area contributed by atoms with Crippen LogP contribution in [0.15, 0.2) is 24.3 Å². The van der Waals surface area contributed by atoms with Crippen LogP contribution in [0.3, 0.4) is 0 Å². The van der Waals surface area contributed by atoms with Gasteiger partial charge in [-0.3, -0.25) is 4.79 Å². The highest BCUT2D eigenvalue weighted by atomic mass is 16.3. The lowest BCUT2D eigenvalue weighted by Crippen LogP contribution is -2.24. The number of hydrogen-bond acceptors (Lipinski definition) is 2. The number of benzene rings is 1. The van der Waals surface area contributed by atoms with E-state index in [4.69, 9.17) is 0 Å². The van der Waals surface area contributed by atoms with Gasteiger partial charge in [0.05, 0.1) is 0 Å². The minimum atomic E-state index is 0.107. The molecule has 1 amide bonds. The summed E-state index contributed by atoms with van der Waals surface area (Å²) in [6, 6.07) is 7.72. The van der Waals surface area contributed by atoms with Crippen molar-refractivity contribution in [3.05, 3.63) is 29.8 Å². The first-order valence-electron chi connectivity index (χ1n) is 17.7. The van der Waals surface area contributed by atoms with Crippen molar-refractivity contribution in [1.29, 1.82) is 0 Å². The van der Waals surface area contributed by atoms with Gasteiger partial charge >= 0.3 is 0 Å². The predicted molar refractivity (Wildman–Crippen MR) is 175 cm³/mol. The average molecular weight is 558 g/mol. The molecular formula is C37H67NO2. The minimum absolute atomic E-state index is 0.107. The monoisotopic (exact) mass is 558 g/mol. The summed E-state index contributed by atoms with van der Waals surface area (Å²) in [6.45, 7) is 4.87. The summed E-state index contributed by atoms with van der Waals surface area (Å²) in [5.74, 6) is 0.812. The number of aromatic hydroxyl groups is 1. The van der Waals surface area contributed by atoms with E-state index < -0.39 is 0 Å². The number of hydrogen-bond donors (Lipinski definition) is 2. The normalized spacial score (nSPS) is 12.1. The van der Waals surface area contributed by atoms with Crippen molar-refractivity contribution in [2.24, 2.45) is 0 Å². The first kappa shape index (κ1) is 36.5. The molecule has 1 unspecified atom stereocenters. The SMILES string of the molecule is CCCCCCCCCCCCCCCCCCCCCCCCCC(CCNC(=O)CC)c1ccccc1O. The smallest absolute Gasteiger partial charge is 0.219 e. The van der Waals surface area contributed by atoms with Gasteiger partial charge in [0, 0.05) is 13.0 Å². The first-order chi connectivity index (χ1) is 19.7. The van der Waals surface area contributed by atoms with Crippen molar-refractivity contribution in [3.63, 3.8) is 0 Å². The molecule has 3 nitrogen and oxygen atoms in total. The molecule has 1 rings (SSSR count). The van der Waals surface area contributed by atoms with Crippen molar-refractivity contribution in [2.75, 3.05) is 6.54 Å². The molecule has 0 saturated heterocycles. The number of unbranched alkanes of at least 4 members (excludes halogenated alkanes) is 22. The minimum Gasteiger partial charge on any atom is -0.508 e. The fourth-order valence-corrected chi connectivity index (χ4v) is 5.98. The Morgan fingerprint density at radius 3 is 1.40 bits per heavy atom. The summed E-state index contributed by atoms with van der Waals surface area (Å²) in [6.07, 6.45) is 35.0. The fourth-order valence-electron chi connectivity index (χ4n) is 5.98. The molecule has 0 spiro atoms. The van der Waals surface area contributed by atoms with Gasteiger partial charge in [-0.1, -0.05) is 180 Å². The molecule has 2 N–H and O–H groups in total. The summed E-state index contributed by atoms with van der Waals surface area (Å²) in [5, 5.41) is 13.3. The fraction of sp³-hybridized carbons (Fsp3) is 0.811. The molecule has 1 aromatic carbocycles. The van der Waals surface area contributed by atoms with Crippen LogP contribution in [-0.4, -0.2) is 17.6 Å². The number of phenolic OH excluding ortho intramolecular Hbond substituents is 1. The molecule has 40 heavy (non-hydrogen) atoms. The molecule has 0 radical (unpaired) electrons. The molecule has 0 heterocycles. The van der Waals surface area contributed by atoms with Gasteiger partial charge in [0.25, 0.3) is 0 Å². The van der Waals surface area contributed by atoms with Gasteiger partial charge in [0.2, 0.25) is 5.91 Å². The van der Waals surface area contributed by atoms with Crippen LogP contribution in [0.25, 0.3) is 0 Å². The Kier molecular flexibility index (Phi) is 25.2. The summed E-state index contributed by atoms with van der Waals surface area (Å²) in [7, 11) is 0. The lowest BCUT2D eigenvalue weighted by atomic mass is 9.89. The molecule has 3 heteroatoms. The van der Waals surface area contributed by atoms with Crippen molar-refractivity contribution < 1.29 is 9.90 Å². The van der Waals surface area contributed by atoms with E-state index >= 15 is 0 Å². The highest BCUT2D eigenvalue weighted by molar-refractivity contribution is 5.75. The predicted octanol–water partition coefficient (Wildman–Crippen LogP) is 11.8. The summed E-state index contributed by atoms with van der Waals surface area (Å²) < 4.78 is 0. The standard InChI is InChI=1S/C37H67NO2/c1-3-5-6-7-8-9-10-11-12-13-14-15-16-17-18-19-20-21-22-23-24-25-26-29-34(32-33-38-37(40)4-2)35-30-27-28-31-36(35)39/h27-28,30-31,34,39H,3-26,29,32-33H2,1-2H3,(H,38,40). The van der Waals surface area contributed by atoms with E-state index in [9.17, 15) is 9.90 Å². The number of para-hydroxylation sites is 1. The van der Waals surface area contributed by atoms with Gasteiger partial charge < -0.3 is 10.4 Å². The molecule has 1 aromatic rings. The lowest BCUT2D eigenvalue weighted by Gasteiger charge is -2.19. The molecule has 0 aromatic heterocycles. The van der Waals surface area contributed by atoms with E-state index in [0.29, 0.717) is 24.6 Å². The second-order valence-corrected chi connectivity index (χ2v) is 12.3. The molecule has 0 saturated carbocycles. The van der Waals surface area contributed by atoms with Crippen molar-refractivity contribution >= 4 is 5.91 Å². The zero-order valence-corrected chi connectivity index (χ0v) is 26.8. The van der Waals surface area contributed by atoms with Crippen LogP contribution in [0.2, 0.25) is 0 Å². The third-order valence-electron chi connectivity index (χ3n) is 8.67. The summed E-state index contributed by atoms with van der Waals surface area (Å²) in [4.78, 5) is 11.6. The van der Waals surface area contributed by atoms with E-state index in [0.717, 1.165) is 18.4 Å². The summed E-state index contributed by atoms with van der Waals surface area (Å²) >= 11 is 0. The molecule has 1 atom stereocenters. The zero-order valence-electron chi connectivity index (χ0n) is 26.8. The largest absolute Gasteiger partial charge is 0.508 e. The number of carbonyl (C=O) groups is 1. The Balaban J connectivity index is 1.90. The molecule has 0 aliphatic rings. The summed E-state index contributed by atoms with van der Waals surface area (Å²) in [5.41, 5.74) is 1.03. The van der Waals surface area contributed by atoms with Gasteiger partial charge in [0.1, 0.15) is 5.75 Å². The maximum Gasteiger partial charge on any atom is 0.219 e. The van der Waals surface area contributed by atoms with Gasteiger partial charge in [-0.15, -0.1) is 0 Å². The van der Waals surface area contributed by atoms with E-state index in [1.165, 1.54) is 148 Å². The second-order valence-electron chi connectivity index (χ2n) is 12.3. The van der Waals surface area contributed by atoms with E-state index in [-0.39, 0.29) is 5.91 Å². The Morgan fingerprint density at radius 1 is 0.600 bits per heavy atom. The Labute approximate surface area is 249 Å². The number of amides is 1. The quantitative estimate of drug-likeness (QED) is 0.0962. The number of phenols is 1. The number of nitrogens with one attached hydrogen (secondary N) is 1. The number of rotatable bonds is 29. The van der Waals surface area contributed by atoms with Crippen molar-refractivity contribution in [3.8, 4) is 5.75 Å². The van der Waals surface area contributed by atoms with Gasteiger partial charge in [-0.25, -0.2) is 0 Å². The van der Waals surface area contributed by atoms with Gasteiger partial charge in [-0.2, -0.15) is 0 Å². The Bertz CT molecular complexity index is 688. The van der Waals surface area contributed by atoms with E-state index in [1.54, 1.807) is 6.07 Å². The van der Waals surface area contributed by atoms with Crippen LogP contribution < -0.4 is 5.32 Å². The van der Waals surface area contributed by atoms with Crippen molar-refractivity contribution in [2.45, 2.75) is 187 Å².